The minimum absolute atomic E-state index is 0.594. The minimum Gasteiger partial charge on any atom is -0.462 e. The zero-order chi connectivity index (χ0) is 13.6. The Morgan fingerprint density at radius 2 is 2.05 bits per heavy atom. The monoisotopic (exact) mass is 256 g/mol. The van der Waals surface area contributed by atoms with Crippen LogP contribution < -0.4 is 10.6 Å². The average Bonchev–Trinajstić information content (AvgIpc) is 2.93. The molecule has 0 unspecified atom stereocenters. The van der Waals surface area contributed by atoms with Gasteiger partial charge >= 0.3 is 0 Å². The van der Waals surface area contributed by atoms with Gasteiger partial charge in [0, 0.05) is 20.3 Å². The van der Waals surface area contributed by atoms with Crippen LogP contribution in [-0.4, -0.2) is 23.5 Å². The van der Waals surface area contributed by atoms with Gasteiger partial charge in [-0.3, -0.25) is 4.40 Å². The Bertz CT molecular complexity index is 739. The van der Waals surface area contributed by atoms with Crippen LogP contribution in [-0.2, 0) is 0 Å². The van der Waals surface area contributed by atoms with Crippen LogP contribution >= 0.6 is 0 Å². The first-order valence-corrected chi connectivity index (χ1v) is 6.07. The molecule has 0 aliphatic rings. The highest BCUT2D eigenvalue weighted by Crippen LogP contribution is 2.30. The minimum atomic E-state index is 0.594. The summed E-state index contributed by atoms with van der Waals surface area (Å²) >= 11 is 0. The van der Waals surface area contributed by atoms with Crippen LogP contribution in [0.15, 0.2) is 35.1 Å². The van der Waals surface area contributed by atoms with E-state index in [1.807, 2.05) is 54.7 Å². The van der Waals surface area contributed by atoms with Crippen LogP contribution in [0.2, 0.25) is 0 Å². The Labute approximate surface area is 111 Å². The summed E-state index contributed by atoms with van der Waals surface area (Å²) in [4.78, 5) is 6.57. The Morgan fingerprint density at radius 1 is 1.26 bits per heavy atom. The summed E-state index contributed by atoms with van der Waals surface area (Å²) < 4.78 is 7.35. The van der Waals surface area contributed by atoms with Crippen molar-refractivity contribution < 1.29 is 4.42 Å². The number of hydrogen-bond acceptors (Lipinski definition) is 4. The van der Waals surface area contributed by atoms with E-state index in [2.05, 4.69) is 4.98 Å². The number of rotatable bonds is 2. The van der Waals surface area contributed by atoms with Gasteiger partial charge < -0.3 is 15.1 Å². The number of anilines is 2. The quantitative estimate of drug-likeness (QED) is 0.765. The molecule has 0 aromatic carbocycles. The van der Waals surface area contributed by atoms with Gasteiger partial charge in [0.1, 0.15) is 17.2 Å². The van der Waals surface area contributed by atoms with Crippen molar-refractivity contribution >= 4 is 17.2 Å². The van der Waals surface area contributed by atoms with E-state index in [0.717, 1.165) is 22.7 Å². The fourth-order valence-corrected chi connectivity index (χ4v) is 2.10. The van der Waals surface area contributed by atoms with Crippen LogP contribution in [0.25, 0.3) is 17.1 Å². The zero-order valence-corrected chi connectivity index (χ0v) is 11.2. The molecule has 0 saturated heterocycles. The molecule has 0 spiro atoms. The van der Waals surface area contributed by atoms with Crippen molar-refractivity contribution in [1.29, 1.82) is 0 Å². The highest BCUT2D eigenvalue weighted by Gasteiger charge is 2.16. The molecule has 0 saturated carbocycles. The third-order valence-electron chi connectivity index (χ3n) is 3.23. The van der Waals surface area contributed by atoms with Crippen LogP contribution in [0, 0.1) is 6.92 Å². The number of aryl methyl sites for hydroxylation is 1. The first-order chi connectivity index (χ1) is 9.08. The summed E-state index contributed by atoms with van der Waals surface area (Å²) in [5, 5.41) is 0. The van der Waals surface area contributed by atoms with E-state index < -0.39 is 0 Å². The maximum atomic E-state index is 6.19. The molecule has 3 rings (SSSR count). The van der Waals surface area contributed by atoms with Gasteiger partial charge in [-0.15, -0.1) is 0 Å². The molecule has 0 atom stereocenters. The van der Waals surface area contributed by atoms with E-state index in [0.29, 0.717) is 11.5 Å². The summed E-state index contributed by atoms with van der Waals surface area (Å²) in [6, 6.07) is 5.87. The molecule has 98 valence electrons. The fourth-order valence-electron chi connectivity index (χ4n) is 2.10. The number of nitrogens with two attached hydrogens (primary N) is 1. The standard InChI is InChI=1S/C14H16N4O/c1-9-6-7-19-13(9)12-14(15)18-8-10(17(2)3)4-5-11(18)16-12/h4-8H,15H2,1-3H3. The average molecular weight is 256 g/mol. The van der Waals surface area contributed by atoms with E-state index in [4.69, 9.17) is 10.2 Å². The molecule has 0 fully saturated rings. The number of pyridine rings is 1. The lowest BCUT2D eigenvalue weighted by atomic mass is 10.2. The number of furan rings is 1. The first-order valence-electron chi connectivity index (χ1n) is 6.07. The highest BCUT2D eigenvalue weighted by atomic mass is 16.3. The van der Waals surface area contributed by atoms with E-state index in [9.17, 15) is 0 Å². The lowest BCUT2D eigenvalue weighted by Crippen LogP contribution is -2.09. The third kappa shape index (κ3) is 1.74. The summed E-state index contributed by atoms with van der Waals surface area (Å²) in [5.74, 6) is 1.32. The lowest BCUT2D eigenvalue weighted by molar-refractivity contribution is 0.579. The molecule has 0 bridgehead atoms. The summed E-state index contributed by atoms with van der Waals surface area (Å²) in [5.41, 5.74) is 9.80. The van der Waals surface area contributed by atoms with Crippen LogP contribution in [0.3, 0.4) is 0 Å². The first kappa shape index (κ1) is 11.6. The Kier molecular flexibility index (Phi) is 2.48. The molecule has 0 aliphatic carbocycles. The van der Waals surface area contributed by atoms with Gasteiger partial charge in [-0.2, -0.15) is 0 Å². The lowest BCUT2D eigenvalue weighted by Gasteiger charge is -2.12. The summed E-state index contributed by atoms with van der Waals surface area (Å²) in [6.45, 7) is 1.98. The number of hydrogen-bond donors (Lipinski definition) is 1. The molecule has 2 N–H and O–H groups in total. The Hall–Kier alpha value is -2.43. The second kappa shape index (κ2) is 4.05. The van der Waals surface area contributed by atoms with Gasteiger partial charge in [-0.1, -0.05) is 0 Å². The van der Waals surface area contributed by atoms with Gasteiger partial charge in [0.05, 0.1) is 12.0 Å². The molecule has 19 heavy (non-hydrogen) atoms. The smallest absolute Gasteiger partial charge is 0.158 e. The molecule has 0 radical (unpaired) electrons. The third-order valence-corrected chi connectivity index (χ3v) is 3.23. The summed E-state index contributed by atoms with van der Waals surface area (Å²) in [6.07, 6.45) is 3.62. The van der Waals surface area contributed by atoms with Crippen molar-refractivity contribution in [3.05, 3.63) is 36.2 Å². The number of imidazole rings is 1. The number of nitrogens with zero attached hydrogens (tertiary/aromatic N) is 3. The predicted octanol–water partition coefficient (Wildman–Crippen LogP) is 2.55. The van der Waals surface area contributed by atoms with Gasteiger partial charge in [0.15, 0.2) is 5.76 Å². The largest absolute Gasteiger partial charge is 0.462 e. The molecule has 5 heteroatoms. The van der Waals surface area contributed by atoms with Gasteiger partial charge in [-0.25, -0.2) is 4.98 Å². The van der Waals surface area contributed by atoms with Gasteiger partial charge in [0.2, 0.25) is 0 Å². The van der Waals surface area contributed by atoms with E-state index in [1.165, 1.54) is 0 Å². The maximum Gasteiger partial charge on any atom is 0.158 e. The molecule has 0 amide bonds. The van der Waals surface area contributed by atoms with Gasteiger partial charge in [0.25, 0.3) is 0 Å². The van der Waals surface area contributed by atoms with Gasteiger partial charge in [-0.05, 0) is 30.7 Å². The molecular formula is C14H16N4O. The second-order valence-corrected chi connectivity index (χ2v) is 4.79. The number of aromatic nitrogens is 2. The topological polar surface area (TPSA) is 59.7 Å². The van der Waals surface area contributed by atoms with Crippen LogP contribution in [0.1, 0.15) is 5.56 Å². The predicted molar refractivity (Wildman–Crippen MR) is 76.4 cm³/mol. The normalized spacial score (nSPS) is 11.1. The van der Waals surface area contributed by atoms with Crippen molar-refractivity contribution in [3.63, 3.8) is 0 Å². The highest BCUT2D eigenvalue weighted by molar-refractivity contribution is 5.74. The second-order valence-electron chi connectivity index (χ2n) is 4.79. The Balaban J connectivity index is 2.24. The van der Waals surface area contributed by atoms with Crippen molar-refractivity contribution in [2.75, 3.05) is 24.7 Å². The SMILES string of the molecule is Cc1ccoc1-c1nc2ccc(N(C)C)cn2c1N. The molecule has 3 heterocycles. The maximum absolute atomic E-state index is 6.19. The van der Waals surface area contributed by atoms with Crippen LogP contribution in [0.5, 0.6) is 0 Å². The van der Waals surface area contributed by atoms with E-state index in [-0.39, 0.29) is 0 Å². The zero-order valence-electron chi connectivity index (χ0n) is 11.2. The van der Waals surface area contributed by atoms with Crippen LogP contribution in [0.4, 0.5) is 11.5 Å². The molecule has 5 nitrogen and oxygen atoms in total. The van der Waals surface area contributed by atoms with Crippen molar-refractivity contribution in [1.82, 2.24) is 9.38 Å². The summed E-state index contributed by atoms with van der Waals surface area (Å²) in [7, 11) is 3.98. The Morgan fingerprint density at radius 3 is 2.68 bits per heavy atom. The molecular weight excluding hydrogens is 240 g/mol. The van der Waals surface area contributed by atoms with E-state index in [1.54, 1.807) is 6.26 Å². The van der Waals surface area contributed by atoms with Crippen molar-refractivity contribution in [2.24, 2.45) is 0 Å². The molecule has 0 aliphatic heterocycles. The molecule has 3 aromatic rings. The molecule has 3 aromatic heterocycles. The number of nitrogen functional groups attached to an aromatic ring is 1. The number of fused-ring (bicyclic) bond motifs is 1. The van der Waals surface area contributed by atoms with Crippen molar-refractivity contribution in [2.45, 2.75) is 6.92 Å². The van der Waals surface area contributed by atoms with Crippen molar-refractivity contribution in [3.8, 4) is 11.5 Å². The fraction of sp³-hybridized carbons (Fsp3) is 0.214. The van der Waals surface area contributed by atoms with E-state index >= 15 is 0 Å².